The average molecular weight is 571 g/mol. The zero-order valence-corrected chi connectivity index (χ0v) is 22.2. The van der Waals surface area contributed by atoms with Crippen molar-refractivity contribution in [1.82, 2.24) is 0 Å². The van der Waals surface area contributed by atoms with Crippen LogP contribution in [-0.4, -0.2) is 41.1 Å². The fourth-order valence-corrected chi connectivity index (χ4v) is 6.09. The first-order valence-corrected chi connectivity index (χ1v) is 12.6. The second-order valence-electron chi connectivity index (χ2n) is 7.56. The van der Waals surface area contributed by atoms with E-state index in [1.54, 1.807) is 0 Å². The van der Waals surface area contributed by atoms with Crippen LogP contribution >= 0.6 is 0 Å². The molecule has 1 aliphatic rings. The zero-order valence-electron chi connectivity index (χ0n) is 18.3. The van der Waals surface area contributed by atoms with Gasteiger partial charge in [-0.1, -0.05) is 0 Å². The molecule has 2 aromatic carbocycles. The molecule has 0 unspecified atom stereocenters. The van der Waals surface area contributed by atoms with Gasteiger partial charge in [0.15, 0.2) is 0 Å². The van der Waals surface area contributed by atoms with Gasteiger partial charge in [-0.05, 0) is 0 Å². The van der Waals surface area contributed by atoms with Crippen LogP contribution in [0, 0.1) is 0 Å². The first-order valence-electron chi connectivity index (χ1n) is 10.9. The van der Waals surface area contributed by atoms with E-state index >= 15 is 0 Å². The van der Waals surface area contributed by atoms with Gasteiger partial charge >= 0.3 is 178 Å². The summed E-state index contributed by atoms with van der Waals surface area (Å²) in [6.45, 7) is 13.6. The van der Waals surface area contributed by atoms with Gasteiger partial charge in [-0.2, -0.15) is 0 Å². The van der Waals surface area contributed by atoms with Gasteiger partial charge in [-0.25, -0.2) is 0 Å². The number of benzene rings is 2. The van der Waals surface area contributed by atoms with E-state index in [0.717, 1.165) is 26.2 Å². The number of rotatable bonds is 10. The molecule has 2 aromatic rings. The number of halogens is 1. The summed E-state index contributed by atoms with van der Waals surface area (Å²) >= 11 is 0.343. The Kier molecular flexibility index (Phi) is 10.1. The maximum atomic E-state index is 3.68. The van der Waals surface area contributed by atoms with Crippen LogP contribution in [0.4, 0.5) is 22.7 Å². The molecule has 159 valence electrons. The zero-order chi connectivity index (χ0) is 19.9. The second kappa shape index (κ2) is 12.1. The van der Waals surface area contributed by atoms with Gasteiger partial charge in [0.1, 0.15) is 0 Å². The van der Waals surface area contributed by atoms with Crippen molar-refractivity contribution in [3.8, 4) is 0 Å². The van der Waals surface area contributed by atoms with E-state index in [9.17, 15) is 0 Å². The van der Waals surface area contributed by atoms with E-state index in [1.165, 1.54) is 57.4 Å². The van der Waals surface area contributed by atoms with Crippen LogP contribution in [-0.2, 0) is 0 Å². The van der Waals surface area contributed by atoms with Gasteiger partial charge in [-0.15, -0.1) is 0 Å². The number of nitrogens with one attached hydrogen (secondary N) is 1. The summed E-state index contributed by atoms with van der Waals surface area (Å²) in [7, 11) is 0. The van der Waals surface area contributed by atoms with Crippen molar-refractivity contribution in [2.75, 3.05) is 41.3 Å². The Morgan fingerprint density at radius 1 is 0.655 bits per heavy atom. The molecule has 1 radical (unpaired) electrons. The van der Waals surface area contributed by atoms with Crippen LogP contribution in [0.25, 0.3) is 0 Å². The van der Waals surface area contributed by atoms with Gasteiger partial charge < -0.3 is 24.0 Å². The molecular formula is C24H35IN3Se. The van der Waals surface area contributed by atoms with Gasteiger partial charge in [0, 0.05) is 0 Å². The SMILES string of the molecule is CCCN(CCC)c1ccc2c(c1)[Se+]c1cc(N(CCC)CCC)ccc1N2.[I-]. The normalized spacial score (nSPS) is 11.7. The minimum Gasteiger partial charge on any atom is -1.00 e. The molecule has 0 atom stereocenters. The number of hydrogen-bond acceptors (Lipinski definition) is 3. The van der Waals surface area contributed by atoms with E-state index in [1.807, 2.05) is 0 Å². The molecule has 3 nitrogen and oxygen atoms in total. The minimum absolute atomic E-state index is 0. The molecule has 1 aliphatic heterocycles. The summed E-state index contributed by atoms with van der Waals surface area (Å²) in [4.78, 5) is 5.07. The molecule has 0 aliphatic carbocycles. The monoisotopic (exact) mass is 572 g/mol. The third-order valence-corrected chi connectivity index (χ3v) is 7.46. The summed E-state index contributed by atoms with van der Waals surface area (Å²) in [6, 6.07) is 14.0. The Morgan fingerprint density at radius 2 is 1.03 bits per heavy atom. The van der Waals surface area contributed by atoms with Crippen molar-refractivity contribution >= 4 is 46.6 Å². The Labute approximate surface area is 200 Å². The number of fused-ring (bicyclic) bond motifs is 2. The van der Waals surface area contributed by atoms with E-state index in [0.29, 0.717) is 15.0 Å². The summed E-state index contributed by atoms with van der Waals surface area (Å²) in [5.41, 5.74) is 5.33. The van der Waals surface area contributed by atoms with E-state index in [-0.39, 0.29) is 24.0 Å². The Morgan fingerprint density at radius 3 is 1.38 bits per heavy atom. The van der Waals surface area contributed by atoms with Crippen LogP contribution in [0.5, 0.6) is 0 Å². The smallest absolute Gasteiger partial charge is 1.00 e. The molecule has 0 amide bonds. The largest absolute Gasteiger partial charge is 1.00 e. The molecule has 1 N–H and O–H groups in total. The molecule has 0 aromatic heterocycles. The number of nitrogens with zero attached hydrogens (tertiary/aromatic N) is 2. The number of hydrogen-bond donors (Lipinski definition) is 1. The molecular weight excluding hydrogens is 536 g/mol. The fraction of sp³-hybridized carbons (Fsp3) is 0.500. The molecule has 0 spiro atoms. The third-order valence-electron chi connectivity index (χ3n) is 5.12. The molecule has 3 rings (SSSR count). The van der Waals surface area contributed by atoms with E-state index in [2.05, 4.69) is 79.2 Å². The van der Waals surface area contributed by atoms with Crippen molar-refractivity contribution < 1.29 is 24.0 Å². The molecule has 0 fully saturated rings. The van der Waals surface area contributed by atoms with Crippen LogP contribution < -0.4 is 48.0 Å². The van der Waals surface area contributed by atoms with Crippen LogP contribution in [0.3, 0.4) is 0 Å². The van der Waals surface area contributed by atoms with Gasteiger partial charge in [-0.3, -0.25) is 0 Å². The Bertz CT molecular complexity index is 705. The maximum Gasteiger partial charge on any atom is -1.00 e. The quantitative estimate of drug-likeness (QED) is 0.295. The summed E-state index contributed by atoms with van der Waals surface area (Å²) in [6.07, 6.45) is 4.77. The first-order chi connectivity index (χ1) is 13.7. The minimum atomic E-state index is 0. The van der Waals surface area contributed by atoms with Crippen LogP contribution in [0.1, 0.15) is 53.4 Å². The van der Waals surface area contributed by atoms with Crippen molar-refractivity contribution in [1.29, 1.82) is 0 Å². The van der Waals surface area contributed by atoms with Crippen LogP contribution in [0.2, 0.25) is 0 Å². The van der Waals surface area contributed by atoms with E-state index in [4.69, 9.17) is 0 Å². The molecule has 29 heavy (non-hydrogen) atoms. The van der Waals surface area contributed by atoms with Crippen molar-refractivity contribution in [2.24, 2.45) is 0 Å². The first kappa shape index (κ1) is 24.4. The predicted molar refractivity (Wildman–Crippen MR) is 127 cm³/mol. The molecule has 1 heterocycles. The predicted octanol–water partition coefficient (Wildman–Crippen LogP) is 1.66. The molecule has 5 heteroatoms. The Hall–Kier alpha value is -0.911. The number of anilines is 4. The van der Waals surface area contributed by atoms with Crippen molar-refractivity contribution in [3.63, 3.8) is 0 Å². The summed E-state index contributed by atoms with van der Waals surface area (Å²) in [5, 5.41) is 3.68. The second-order valence-corrected chi connectivity index (χ2v) is 9.84. The van der Waals surface area contributed by atoms with Crippen molar-refractivity contribution in [2.45, 2.75) is 53.4 Å². The van der Waals surface area contributed by atoms with Crippen molar-refractivity contribution in [3.05, 3.63) is 36.4 Å². The van der Waals surface area contributed by atoms with Gasteiger partial charge in [0.05, 0.1) is 0 Å². The van der Waals surface area contributed by atoms with E-state index < -0.39 is 0 Å². The standard InChI is InChI=1S/C24H35N3Se.HI/c1-5-13-26(14-6-2)19-9-11-21-23(17-19)28-24-18-20(10-12-22(24)25-21)27(15-7-3)16-8-4;/h9-12,17-18,25H,5-8,13-16H2,1-4H3;1H/q+1;/p-1. The maximum absolute atomic E-state index is 3.68. The topological polar surface area (TPSA) is 18.5 Å². The molecule has 0 saturated carbocycles. The van der Waals surface area contributed by atoms with Gasteiger partial charge in [0.25, 0.3) is 0 Å². The van der Waals surface area contributed by atoms with Crippen LogP contribution in [0.15, 0.2) is 36.4 Å². The molecule has 0 bridgehead atoms. The summed E-state index contributed by atoms with van der Waals surface area (Å²) < 4.78 is 2.95. The van der Waals surface area contributed by atoms with Gasteiger partial charge in [0.2, 0.25) is 0 Å². The Balaban J connectivity index is 0.00000300. The average Bonchev–Trinajstić information content (AvgIpc) is 2.71. The third kappa shape index (κ3) is 6.05. The summed E-state index contributed by atoms with van der Waals surface area (Å²) in [5.74, 6) is 0. The molecule has 0 saturated heterocycles. The fourth-order valence-electron chi connectivity index (χ4n) is 3.87.